The molecule has 4 unspecified atom stereocenters. The second-order valence-corrected chi connectivity index (χ2v) is 3.60. The maximum atomic E-state index is 11.1. The third-order valence-electron chi connectivity index (χ3n) is 1.76. The van der Waals surface area contributed by atoms with Gasteiger partial charge in [0, 0.05) is 0 Å². The van der Waals surface area contributed by atoms with Crippen LogP contribution in [0.15, 0.2) is 0 Å². The van der Waals surface area contributed by atoms with E-state index in [1.54, 1.807) is 0 Å². The van der Waals surface area contributed by atoms with Crippen LogP contribution in [0, 0.1) is 0 Å². The summed E-state index contributed by atoms with van der Waals surface area (Å²) in [5.41, 5.74) is 4.54. The molecule has 0 radical (unpaired) electrons. The fraction of sp³-hybridized carbons (Fsp3) is 0.833. The second-order valence-electron chi connectivity index (χ2n) is 2.66. The lowest BCUT2D eigenvalue weighted by Crippen LogP contribution is -2.68. The quantitative estimate of drug-likeness (QED) is 0.309. The number of piperazine rings is 1. The molecule has 0 aliphatic carbocycles. The Hall–Kier alpha value is -0.0700. The molecule has 0 spiro atoms. The number of nitrogens with one attached hydrogen (secondary N) is 2. The van der Waals surface area contributed by atoms with Crippen molar-refractivity contribution < 1.29 is 9.53 Å². The minimum Gasteiger partial charge on any atom is -0.468 e. The van der Waals surface area contributed by atoms with Crippen molar-refractivity contribution in [1.82, 2.24) is 10.6 Å². The number of carbonyl (C=O) groups excluding carboxylic acids is 1. The van der Waals surface area contributed by atoms with E-state index in [-0.39, 0.29) is 0 Å². The normalized spacial score (nSPS) is 40.0. The summed E-state index contributed by atoms with van der Waals surface area (Å²) in [6.07, 6.45) is -0.593. The summed E-state index contributed by atoms with van der Waals surface area (Å²) in [7, 11) is 1.28. The zero-order valence-electron chi connectivity index (χ0n) is 6.96. The van der Waals surface area contributed by atoms with Crippen LogP contribution in [0.25, 0.3) is 0 Å². The Labute approximate surface area is 85.9 Å². The number of hydrogen-bond donors (Lipinski definition) is 3. The van der Waals surface area contributed by atoms with Crippen LogP contribution in [0.3, 0.4) is 0 Å². The Morgan fingerprint density at radius 2 is 1.92 bits per heavy atom. The van der Waals surface area contributed by atoms with Crippen LogP contribution in [-0.2, 0) is 9.53 Å². The summed E-state index contributed by atoms with van der Waals surface area (Å²) in [5.74, 6) is -0.464. The van der Waals surface area contributed by atoms with Crippen LogP contribution < -0.4 is 16.4 Å². The molecule has 1 heterocycles. The molecule has 4 N–H and O–H groups in total. The van der Waals surface area contributed by atoms with Gasteiger partial charge < -0.3 is 10.5 Å². The molecule has 0 aromatic rings. The van der Waals surface area contributed by atoms with Crippen LogP contribution in [0.5, 0.6) is 0 Å². The molecule has 1 aliphatic heterocycles. The van der Waals surface area contributed by atoms with Crippen LogP contribution >= 0.6 is 23.2 Å². The minimum absolute atomic E-state index is 0.464. The topological polar surface area (TPSA) is 76.4 Å². The van der Waals surface area contributed by atoms with Crippen LogP contribution in [0.2, 0.25) is 0 Å². The van der Waals surface area contributed by atoms with Crippen molar-refractivity contribution in [2.45, 2.75) is 23.2 Å². The van der Waals surface area contributed by atoms with Crippen molar-refractivity contribution in [1.29, 1.82) is 0 Å². The first-order valence-electron chi connectivity index (χ1n) is 3.70. The summed E-state index contributed by atoms with van der Waals surface area (Å²) in [5, 5.41) is 5.48. The third kappa shape index (κ3) is 2.45. The Morgan fingerprint density at radius 3 is 2.46 bits per heavy atom. The third-order valence-corrected chi connectivity index (χ3v) is 2.65. The number of rotatable bonds is 1. The maximum Gasteiger partial charge on any atom is 0.325 e. The van der Waals surface area contributed by atoms with Gasteiger partial charge in [-0.05, 0) is 0 Å². The van der Waals surface area contributed by atoms with Gasteiger partial charge >= 0.3 is 5.97 Å². The number of esters is 1. The first-order chi connectivity index (χ1) is 6.06. The van der Waals surface area contributed by atoms with Crippen molar-refractivity contribution in [3.63, 3.8) is 0 Å². The highest BCUT2D eigenvalue weighted by molar-refractivity contribution is 6.29. The molecule has 1 saturated heterocycles. The second kappa shape index (κ2) is 4.43. The zero-order valence-corrected chi connectivity index (χ0v) is 8.47. The largest absolute Gasteiger partial charge is 0.468 e. The monoisotopic (exact) mass is 227 g/mol. The molecule has 0 saturated carbocycles. The van der Waals surface area contributed by atoms with Crippen LogP contribution in [0.4, 0.5) is 0 Å². The van der Waals surface area contributed by atoms with Gasteiger partial charge in [-0.25, -0.2) is 0 Å². The van der Waals surface area contributed by atoms with E-state index in [9.17, 15) is 4.79 Å². The summed E-state index contributed by atoms with van der Waals surface area (Å²) in [6.45, 7) is 0. The molecule has 0 bridgehead atoms. The first kappa shape index (κ1) is 11.0. The molecule has 0 amide bonds. The molecule has 0 aromatic carbocycles. The van der Waals surface area contributed by atoms with E-state index in [1.807, 2.05) is 0 Å². The Bertz CT molecular complexity index is 204. The fourth-order valence-electron chi connectivity index (χ4n) is 1.07. The van der Waals surface area contributed by atoms with E-state index in [2.05, 4.69) is 15.4 Å². The highest BCUT2D eigenvalue weighted by atomic mass is 35.5. The molecule has 1 aliphatic rings. The molecule has 0 aromatic heterocycles. The van der Waals surface area contributed by atoms with E-state index in [4.69, 9.17) is 28.9 Å². The molecule has 13 heavy (non-hydrogen) atoms. The van der Waals surface area contributed by atoms with Gasteiger partial charge in [-0.15, -0.1) is 23.2 Å². The molecule has 4 atom stereocenters. The van der Waals surface area contributed by atoms with E-state index >= 15 is 0 Å². The Balaban J connectivity index is 2.61. The van der Waals surface area contributed by atoms with E-state index in [0.29, 0.717) is 0 Å². The van der Waals surface area contributed by atoms with Crippen LogP contribution in [-0.4, -0.2) is 36.3 Å². The van der Waals surface area contributed by atoms with Crippen molar-refractivity contribution in [2.24, 2.45) is 5.73 Å². The average molecular weight is 228 g/mol. The summed E-state index contributed by atoms with van der Waals surface area (Å²) >= 11 is 11.5. The van der Waals surface area contributed by atoms with Gasteiger partial charge in [0.05, 0.1) is 13.3 Å². The fourth-order valence-corrected chi connectivity index (χ4v) is 1.49. The molecule has 1 rings (SSSR count). The van der Waals surface area contributed by atoms with E-state index in [1.165, 1.54) is 7.11 Å². The molecule has 7 heteroatoms. The van der Waals surface area contributed by atoms with E-state index in [0.717, 1.165) is 0 Å². The van der Waals surface area contributed by atoms with Crippen molar-refractivity contribution >= 4 is 29.2 Å². The highest BCUT2D eigenvalue weighted by Crippen LogP contribution is 2.12. The van der Waals surface area contributed by atoms with E-state index < -0.39 is 29.2 Å². The molecule has 1 fully saturated rings. The summed E-state index contributed by atoms with van der Waals surface area (Å²) in [6, 6.07) is -0.664. The lowest BCUT2D eigenvalue weighted by Gasteiger charge is -2.35. The molecule has 5 nitrogen and oxygen atoms in total. The summed E-state index contributed by atoms with van der Waals surface area (Å²) < 4.78 is 4.52. The van der Waals surface area contributed by atoms with Gasteiger partial charge in [0.2, 0.25) is 0 Å². The van der Waals surface area contributed by atoms with Crippen molar-refractivity contribution in [2.75, 3.05) is 7.11 Å². The smallest absolute Gasteiger partial charge is 0.325 e. The minimum atomic E-state index is -0.664. The van der Waals surface area contributed by atoms with Crippen LogP contribution in [0.1, 0.15) is 0 Å². The number of hydrogen-bond acceptors (Lipinski definition) is 5. The zero-order chi connectivity index (χ0) is 10.0. The number of alkyl halides is 2. The number of carbonyl (C=O) groups is 1. The van der Waals surface area contributed by atoms with Gasteiger partial charge in [-0.1, -0.05) is 0 Å². The van der Waals surface area contributed by atoms with Gasteiger partial charge in [-0.3, -0.25) is 15.4 Å². The summed E-state index contributed by atoms with van der Waals surface area (Å²) in [4.78, 5) is 11.1. The molecular weight excluding hydrogens is 217 g/mol. The molecule has 76 valence electrons. The highest BCUT2D eigenvalue weighted by Gasteiger charge is 2.36. The standard InChI is InChI=1S/C6H11Cl2N3O2/c1-13-6(12)2-5(9)11-4(8)3(7)10-2/h2-5,10-11H,9H2,1H3. The lowest BCUT2D eigenvalue weighted by atomic mass is 10.2. The average Bonchev–Trinajstić information content (AvgIpc) is 2.10. The van der Waals surface area contributed by atoms with Gasteiger partial charge in [0.25, 0.3) is 0 Å². The van der Waals surface area contributed by atoms with Gasteiger partial charge in [-0.2, -0.15) is 0 Å². The predicted octanol–water partition coefficient (Wildman–Crippen LogP) is -0.865. The maximum absolute atomic E-state index is 11.1. The number of nitrogens with two attached hydrogens (primary N) is 1. The Kier molecular flexibility index (Phi) is 3.75. The van der Waals surface area contributed by atoms with Crippen molar-refractivity contribution in [3.8, 4) is 0 Å². The number of ether oxygens (including phenoxy) is 1. The van der Waals surface area contributed by atoms with Gasteiger partial charge in [0.1, 0.15) is 17.0 Å². The van der Waals surface area contributed by atoms with Gasteiger partial charge in [0.15, 0.2) is 0 Å². The Morgan fingerprint density at radius 1 is 1.38 bits per heavy atom. The SMILES string of the molecule is COC(=O)C1NC(Cl)C(Cl)NC1N. The molecular formula is C6H11Cl2N3O2. The first-order valence-corrected chi connectivity index (χ1v) is 4.57. The predicted molar refractivity (Wildman–Crippen MR) is 49.3 cm³/mol. The number of methoxy groups -OCH3 is 1. The number of halogens is 2. The lowest BCUT2D eigenvalue weighted by molar-refractivity contribution is -0.144. The van der Waals surface area contributed by atoms with Crippen molar-refractivity contribution in [3.05, 3.63) is 0 Å².